The van der Waals surface area contributed by atoms with E-state index in [0.717, 1.165) is 11.8 Å². The molecule has 2 heteroatoms. The van der Waals surface area contributed by atoms with Crippen LogP contribution in [0.25, 0.3) is 0 Å². The third kappa shape index (κ3) is 1.19. The molecule has 0 aromatic rings. The van der Waals surface area contributed by atoms with Crippen molar-refractivity contribution in [3.63, 3.8) is 0 Å². The van der Waals surface area contributed by atoms with Gasteiger partial charge in [-0.3, -0.25) is 0 Å². The Morgan fingerprint density at radius 2 is 1.79 bits per heavy atom. The molecule has 0 radical (unpaired) electrons. The lowest BCUT2D eigenvalue weighted by Gasteiger charge is -2.62. The fourth-order valence-corrected chi connectivity index (χ4v) is 5.65. The van der Waals surface area contributed by atoms with Gasteiger partial charge in [0.2, 0.25) is 0 Å². The number of nitrogens with two attached hydrogens (primary N) is 1. The maximum atomic E-state index is 6.22. The molecule has 0 aromatic carbocycles. The molecule has 3 atom stereocenters. The molecule has 4 saturated carbocycles. The van der Waals surface area contributed by atoms with Gasteiger partial charge in [0.15, 0.2) is 0 Å². The summed E-state index contributed by atoms with van der Waals surface area (Å²) in [6.45, 7) is 2.21. The van der Waals surface area contributed by atoms with E-state index in [4.69, 9.17) is 18.4 Å². The van der Waals surface area contributed by atoms with Crippen LogP contribution in [0.1, 0.15) is 45.4 Å². The molecule has 3 unspecified atom stereocenters. The van der Waals surface area contributed by atoms with E-state index in [-0.39, 0.29) is 0 Å². The van der Waals surface area contributed by atoms with Crippen molar-refractivity contribution in [3.05, 3.63) is 0 Å². The van der Waals surface area contributed by atoms with Gasteiger partial charge in [-0.2, -0.15) is 12.6 Å². The predicted octanol–water partition coefficient (Wildman–Crippen LogP) is 2.60. The molecule has 0 aromatic heterocycles. The molecule has 0 aliphatic heterocycles. The summed E-state index contributed by atoms with van der Waals surface area (Å²) in [5, 5.41) is 0. The highest BCUT2D eigenvalue weighted by molar-refractivity contribution is 7.81. The largest absolute Gasteiger partial charge is 0.327 e. The Labute approximate surface area is 92.2 Å². The van der Waals surface area contributed by atoms with E-state index in [0.29, 0.717) is 16.2 Å². The molecule has 0 heterocycles. The fraction of sp³-hybridized carbons (Fsp3) is 1.00. The molecule has 0 saturated heterocycles. The maximum Gasteiger partial charge on any atom is 0.0141 e. The molecule has 0 amide bonds. The lowest BCUT2D eigenvalue weighted by atomic mass is 9.47. The van der Waals surface area contributed by atoms with E-state index in [1.807, 2.05) is 0 Å². The number of thiol groups is 1. The summed E-state index contributed by atoms with van der Waals surface area (Å²) in [6.07, 6.45) is 8.26. The van der Waals surface area contributed by atoms with Gasteiger partial charge in [-0.25, -0.2) is 0 Å². The van der Waals surface area contributed by atoms with Crippen LogP contribution in [0.3, 0.4) is 0 Å². The van der Waals surface area contributed by atoms with Crippen LogP contribution in [0.15, 0.2) is 0 Å². The van der Waals surface area contributed by atoms with Gasteiger partial charge in [-0.15, -0.1) is 0 Å². The summed E-state index contributed by atoms with van der Waals surface area (Å²) in [4.78, 5) is 0. The molecule has 4 aliphatic rings. The van der Waals surface area contributed by atoms with Crippen molar-refractivity contribution < 1.29 is 0 Å². The first kappa shape index (κ1) is 9.53. The Hall–Kier alpha value is 0.310. The highest BCUT2D eigenvalue weighted by Gasteiger charge is 2.57. The molecular formula is C12H21NS. The van der Waals surface area contributed by atoms with Gasteiger partial charge in [-0.05, 0) is 62.7 Å². The van der Waals surface area contributed by atoms with Crippen LogP contribution in [0.4, 0.5) is 0 Å². The van der Waals surface area contributed by atoms with Crippen molar-refractivity contribution in [3.8, 4) is 0 Å². The van der Waals surface area contributed by atoms with Crippen molar-refractivity contribution >= 4 is 12.6 Å². The van der Waals surface area contributed by atoms with Crippen molar-refractivity contribution in [2.75, 3.05) is 0 Å². The van der Waals surface area contributed by atoms with E-state index < -0.39 is 0 Å². The normalized spacial score (nSPS) is 57.6. The Balaban J connectivity index is 1.96. The standard InChI is InChI=1S/C12H21NS/c1-8(13)11-3-9-2-10(4-11)6-12(14,5-9)7-11/h8-10,14H,2-7,13H2,1H3. The minimum atomic E-state index is 0.359. The van der Waals surface area contributed by atoms with Crippen molar-refractivity contribution in [2.24, 2.45) is 23.0 Å². The quantitative estimate of drug-likeness (QED) is 0.641. The molecule has 0 spiro atoms. The molecule has 4 rings (SSSR count). The maximum absolute atomic E-state index is 6.22. The van der Waals surface area contributed by atoms with Crippen molar-refractivity contribution in [1.82, 2.24) is 0 Å². The topological polar surface area (TPSA) is 26.0 Å². The summed E-state index contributed by atoms with van der Waals surface area (Å²) in [6, 6.07) is 0.375. The Morgan fingerprint density at radius 3 is 2.21 bits per heavy atom. The highest BCUT2D eigenvalue weighted by Crippen LogP contribution is 2.64. The van der Waals surface area contributed by atoms with Crippen LogP contribution in [0, 0.1) is 17.3 Å². The monoisotopic (exact) mass is 211 g/mol. The lowest BCUT2D eigenvalue weighted by Crippen LogP contribution is -2.58. The van der Waals surface area contributed by atoms with Gasteiger partial charge < -0.3 is 5.73 Å². The minimum Gasteiger partial charge on any atom is -0.327 e. The van der Waals surface area contributed by atoms with Gasteiger partial charge in [0.25, 0.3) is 0 Å². The van der Waals surface area contributed by atoms with Crippen LogP contribution in [-0.2, 0) is 0 Å². The summed E-state index contributed by atoms with van der Waals surface area (Å²) in [5.74, 6) is 1.89. The molecular weight excluding hydrogens is 190 g/mol. The second-order valence-corrected chi connectivity index (χ2v) is 7.29. The first-order valence-electron chi connectivity index (χ1n) is 5.99. The van der Waals surface area contributed by atoms with Gasteiger partial charge in [0.1, 0.15) is 0 Å². The fourth-order valence-electron chi connectivity index (χ4n) is 4.82. The van der Waals surface area contributed by atoms with Crippen molar-refractivity contribution in [2.45, 2.75) is 56.2 Å². The van der Waals surface area contributed by atoms with Gasteiger partial charge in [0.05, 0.1) is 0 Å². The van der Waals surface area contributed by atoms with E-state index in [1.54, 1.807) is 0 Å². The van der Waals surface area contributed by atoms with Gasteiger partial charge in [-0.1, -0.05) is 0 Å². The third-order valence-corrected chi connectivity index (χ3v) is 5.56. The van der Waals surface area contributed by atoms with Crippen molar-refractivity contribution in [1.29, 1.82) is 0 Å². The molecule has 80 valence electrons. The SMILES string of the molecule is CC(N)C12CC3CC(CC(S)(C3)C1)C2. The zero-order chi connectivity index (χ0) is 9.97. The summed E-state index contributed by atoms with van der Waals surface area (Å²) in [5.41, 5.74) is 6.68. The summed E-state index contributed by atoms with van der Waals surface area (Å²) < 4.78 is 0.359. The first-order valence-corrected chi connectivity index (χ1v) is 6.44. The predicted molar refractivity (Wildman–Crippen MR) is 62.5 cm³/mol. The average Bonchev–Trinajstić information content (AvgIpc) is 1.98. The van der Waals surface area contributed by atoms with E-state index in [1.165, 1.54) is 38.5 Å². The van der Waals surface area contributed by atoms with E-state index in [2.05, 4.69) is 6.92 Å². The molecule has 4 fully saturated rings. The lowest BCUT2D eigenvalue weighted by molar-refractivity contribution is -0.0486. The zero-order valence-corrected chi connectivity index (χ0v) is 9.89. The average molecular weight is 211 g/mol. The highest BCUT2D eigenvalue weighted by atomic mass is 32.1. The van der Waals surface area contributed by atoms with Gasteiger partial charge in [0, 0.05) is 10.8 Å². The zero-order valence-electron chi connectivity index (χ0n) is 9.00. The summed E-state index contributed by atoms with van der Waals surface area (Å²) in [7, 11) is 0. The Morgan fingerprint density at radius 1 is 1.21 bits per heavy atom. The van der Waals surface area contributed by atoms with Crippen LogP contribution in [-0.4, -0.2) is 10.8 Å². The summed E-state index contributed by atoms with van der Waals surface area (Å²) >= 11 is 4.94. The second kappa shape index (κ2) is 2.70. The molecule has 14 heavy (non-hydrogen) atoms. The Bertz CT molecular complexity index is 247. The van der Waals surface area contributed by atoms with Crippen LogP contribution < -0.4 is 5.73 Å². The van der Waals surface area contributed by atoms with E-state index in [9.17, 15) is 0 Å². The van der Waals surface area contributed by atoms with E-state index >= 15 is 0 Å². The third-order valence-electron chi connectivity index (χ3n) is 5.04. The van der Waals surface area contributed by atoms with Crippen LogP contribution >= 0.6 is 12.6 Å². The van der Waals surface area contributed by atoms with Gasteiger partial charge >= 0.3 is 0 Å². The smallest absolute Gasteiger partial charge is 0.0141 e. The van der Waals surface area contributed by atoms with Crippen LogP contribution in [0.5, 0.6) is 0 Å². The molecule has 4 aliphatic carbocycles. The number of hydrogen-bond acceptors (Lipinski definition) is 2. The second-order valence-electron chi connectivity index (χ2n) is 6.34. The first-order chi connectivity index (χ1) is 6.51. The Kier molecular flexibility index (Phi) is 1.84. The number of rotatable bonds is 1. The van der Waals surface area contributed by atoms with Crippen LogP contribution in [0.2, 0.25) is 0 Å². The molecule has 2 N–H and O–H groups in total. The number of hydrogen-bond donors (Lipinski definition) is 2. The molecule has 1 nitrogen and oxygen atoms in total. The molecule has 4 bridgehead atoms. The minimum absolute atomic E-state index is 0.359.